The van der Waals surface area contributed by atoms with Gasteiger partial charge in [0.2, 0.25) is 11.0 Å². The van der Waals surface area contributed by atoms with Crippen LogP contribution in [0.3, 0.4) is 0 Å². The molecule has 0 aliphatic carbocycles. The Hall–Kier alpha value is -2.13. The van der Waals surface area contributed by atoms with Gasteiger partial charge >= 0.3 is 6.03 Å². The molecule has 3 amide bonds. The summed E-state index contributed by atoms with van der Waals surface area (Å²) in [6.07, 6.45) is 2.64. The normalized spacial score (nSPS) is 13.9. The standard InChI is InChI=1S/C18H23N5O2S2/c1-3-12-7-5-8-13(4-2)15(12)20-16-21-22-18(27-16)26-10-6-9-23-14(24)11-19-17(23)25/h5,7-8H,3-4,6,9-11H2,1-2H3,(H,19,25)(H,20,21). The van der Waals surface area contributed by atoms with Gasteiger partial charge in [-0.3, -0.25) is 9.69 Å². The summed E-state index contributed by atoms with van der Waals surface area (Å²) >= 11 is 3.11. The third-order valence-corrected chi connectivity index (χ3v) is 6.38. The molecule has 0 unspecified atom stereocenters. The Morgan fingerprint density at radius 3 is 2.59 bits per heavy atom. The SMILES string of the molecule is CCc1cccc(CC)c1Nc1nnc(SCCCN2C(=O)CNC2=O)s1. The molecule has 1 aromatic carbocycles. The maximum atomic E-state index is 11.5. The van der Waals surface area contributed by atoms with Crippen molar-refractivity contribution < 1.29 is 9.59 Å². The van der Waals surface area contributed by atoms with Gasteiger partial charge in [-0.05, 0) is 30.4 Å². The summed E-state index contributed by atoms with van der Waals surface area (Å²) in [5, 5.41) is 15.2. The van der Waals surface area contributed by atoms with E-state index in [9.17, 15) is 9.59 Å². The zero-order valence-corrected chi connectivity index (χ0v) is 17.1. The summed E-state index contributed by atoms with van der Waals surface area (Å²) < 4.78 is 0.877. The smallest absolute Gasteiger partial charge is 0.324 e. The molecular formula is C18H23N5O2S2. The van der Waals surface area contributed by atoms with E-state index in [0.717, 1.165) is 40.2 Å². The third kappa shape index (κ3) is 4.78. The Kier molecular flexibility index (Phi) is 6.68. The zero-order valence-electron chi connectivity index (χ0n) is 15.4. The second-order valence-electron chi connectivity index (χ2n) is 6.06. The van der Waals surface area contributed by atoms with Crippen molar-refractivity contribution in [2.45, 2.75) is 37.4 Å². The summed E-state index contributed by atoms with van der Waals surface area (Å²) in [6.45, 7) is 4.83. The Balaban J connectivity index is 1.53. The highest BCUT2D eigenvalue weighted by Crippen LogP contribution is 2.31. The van der Waals surface area contributed by atoms with Crippen LogP contribution in [0.4, 0.5) is 15.6 Å². The lowest BCUT2D eigenvalue weighted by Gasteiger charge is -2.13. The van der Waals surface area contributed by atoms with Crippen LogP contribution in [0.25, 0.3) is 0 Å². The number of aromatic nitrogens is 2. The lowest BCUT2D eigenvalue weighted by molar-refractivity contribution is -0.124. The highest BCUT2D eigenvalue weighted by atomic mass is 32.2. The van der Waals surface area contributed by atoms with Crippen LogP contribution in [0.2, 0.25) is 0 Å². The van der Waals surface area contributed by atoms with Gasteiger partial charge in [0.1, 0.15) is 0 Å². The van der Waals surface area contributed by atoms with Gasteiger partial charge in [-0.2, -0.15) is 0 Å². The molecule has 2 heterocycles. The van der Waals surface area contributed by atoms with Crippen LogP contribution in [0.5, 0.6) is 0 Å². The fourth-order valence-corrected chi connectivity index (χ4v) is 4.64. The minimum atomic E-state index is -0.297. The number of thioether (sulfide) groups is 1. The molecule has 27 heavy (non-hydrogen) atoms. The van der Waals surface area contributed by atoms with Crippen LogP contribution >= 0.6 is 23.1 Å². The zero-order chi connectivity index (χ0) is 19.2. The first-order valence-electron chi connectivity index (χ1n) is 9.04. The maximum Gasteiger partial charge on any atom is 0.324 e. The molecule has 2 aromatic rings. The van der Waals surface area contributed by atoms with Gasteiger partial charge in [0, 0.05) is 18.0 Å². The van der Waals surface area contributed by atoms with Crippen LogP contribution in [-0.4, -0.2) is 45.9 Å². The molecule has 0 spiro atoms. The molecular weight excluding hydrogens is 382 g/mol. The number of rotatable bonds is 9. The Labute approximate surface area is 166 Å². The van der Waals surface area contributed by atoms with Crippen LogP contribution in [0, 0.1) is 0 Å². The molecule has 1 aromatic heterocycles. The fraction of sp³-hybridized carbons (Fsp3) is 0.444. The van der Waals surface area contributed by atoms with E-state index in [1.54, 1.807) is 11.8 Å². The summed E-state index contributed by atoms with van der Waals surface area (Å²) in [7, 11) is 0. The number of urea groups is 1. The largest absolute Gasteiger partial charge is 0.330 e. The molecule has 3 rings (SSSR count). The third-order valence-electron chi connectivity index (χ3n) is 4.33. The Bertz CT molecular complexity index is 786. The number of carbonyl (C=O) groups excluding carboxylic acids is 2. The van der Waals surface area contributed by atoms with Crippen molar-refractivity contribution in [1.29, 1.82) is 0 Å². The molecule has 1 fully saturated rings. The van der Waals surface area contributed by atoms with Crippen molar-refractivity contribution in [2.75, 3.05) is 24.2 Å². The number of nitrogens with zero attached hydrogens (tertiary/aromatic N) is 3. The van der Waals surface area contributed by atoms with E-state index >= 15 is 0 Å². The number of carbonyl (C=O) groups is 2. The van der Waals surface area contributed by atoms with E-state index in [2.05, 4.69) is 52.9 Å². The number of hydrogen-bond donors (Lipinski definition) is 2. The highest BCUT2D eigenvalue weighted by molar-refractivity contribution is 8.01. The van der Waals surface area contributed by atoms with Crippen LogP contribution in [0.1, 0.15) is 31.4 Å². The molecule has 1 aliphatic heterocycles. The van der Waals surface area contributed by atoms with Crippen molar-refractivity contribution in [2.24, 2.45) is 0 Å². The molecule has 1 aliphatic rings. The van der Waals surface area contributed by atoms with E-state index in [4.69, 9.17) is 0 Å². The Morgan fingerprint density at radius 2 is 1.96 bits per heavy atom. The topological polar surface area (TPSA) is 87.2 Å². The number of imide groups is 1. The molecule has 1 saturated heterocycles. The summed E-state index contributed by atoms with van der Waals surface area (Å²) in [5.74, 6) is 0.617. The van der Waals surface area contributed by atoms with Crippen molar-refractivity contribution in [3.63, 3.8) is 0 Å². The first-order valence-corrected chi connectivity index (χ1v) is 10.8. The molecule has 0 radical (unpaired) electrons. The van der Waals surface area contributed by atoms with Crippen molar-refractivity contribution in [3.8, 4) is 0 Å². The predicted molar refractivity (Wildman–Crippen MR) is 109 cm³/mol. The van der Waals surface area contributed by atoms with Gasteiger partial charge in [0.05, 0.1) is 6.54 Å². The quantitative estimate of drug-likeness (QED) is 0.377. The number of amides is 3. The highest BCUT2D eigenvalue weighted by Gasteiger charge is 2.27. The molecule has 0 bridgehead atoms. The van der Waals surface area contributed by atoms with E-state index in [1.165, 1.54) is 27.4 Å². The molecule has 0 saturated carbocycles. The fourth-order valence-electron chi connectivity index (χ4n) is 2.89. The molecule has 9 heteroatoms. The van der Waals surface area contributed by atoms with Gasteiger partial charge in [-0.25, -0.2) is 4.79 Å². The average Bonchev–Trinajstić information content (AvgIpc) is 3.25. The second kappa shape index (κ2) is 9.18. The maximum absolute atomic E-state index is 11.5. The minimum Gasteiger partial charge on any atom is -0.330 e. The summed E-state index contributed by atoms with van der Waals surface area (Å²) in [6, 6.07) is 6.06. The lowest BCUT2D eigenvalue weighted by Crippen LogP contribution is -2.32. The van der Waals surface area contributed by atoms with Crippen LogP contribution in [-0.2, 0) is 17.6 Å². The van der Waals surface area contributed by atoms with Crippen LogP contribution < -0.4 is 10.6 Å². The van der Waals surface area contributed by atoms with E-state index in [-0.39, 0.29) is 18.5 Å². The number of para-hydroxylation sites is 1. The van der Waals surface area contributed by atoms with E-state index in [0.29, 0.717) is 6.54 Å². The molecule has 7 nitrogen and oxygen atoms in total. The lowest BCUT2D eigenvalue weighted by atomic mass is 10.0. The van der Waals surface area contributed by atoms with Gasteiger partial charge in [-0.1, -0.05) is 55.1 Å². The molecule has 2 N–H and O–H groups in total. The molecule has 0 atom stereocenters. The second-order valence-corrected chi connectivity index (χ2v) is 8.38. The van der Waals surface area contributed by atoms with E-state index in [1.807, 2.05) is 0 Å². The number of anilines is 2. The number of benzene rings is 1. The number of hydrogen-bond acceptors (Lipinski definition) is 7. The van der Waals surface area contributed by atoms with Gasteiger partial charge in [-0.15, -0.1) is 10.2 Å². The number of nitrogens with one attached hydrogen (secondary N) is 2. The Morgan fingerprint density at radius 1 is 1.22 bits per heavy atom. The van der Waals surface area contributed by atoms with Gasteiger partial charge in [0.25, 0.3) is 0 Å². The van der Waals surface area contributed by atoms with Gasteiger partial charge < -0.3 is 10.6 Å². The van der Waals surface area contributed by atoms with Crippen molar-refractivity contribution in [1.82, 2.24) is 20.4 Å². The van der Waals surface area contributed by atoms with Crippen molar-refractivity contribution in [3.05, 3.63) is 29.3 Å². The number of aryl methyl sites for hydroxylation is 2. The summed E-state index contributed by atoms with van der Waals surface area (Å²) in [4.78, 5) is 24.3. The first-order chi connectivity index (χ1) is 13.1. The van der Waals surface area contributed by atoms with Crippen molar-refractivity contribution >= 4 is 45.9 Å². The average molecular weight is 406 g/mol. The van der Waals surface area contributed by atoms with Crippen LogP contribution in [0.15, 0.2) is 22.5 Å². The van der Waals surface area contributed by atoms with Gasteiger partial charge in [0.15, 0.2) is 4.34 Å². The monoisotopic (exact) mass is 405 g/mol. The first kappa shape index (κ1) is 19.6. The molecule has 144 valence electrons. The minimum absolute atomic E-state index is 0.108. The predicted octanol–water partition coefficient (Wildman–Crippen LogP) is 3.44. The summed E-state index contributed by atoms with van der Waals surface area (Å²) in [5.41, 5.74) is 3.67. The van der Waals surface area contributed by atoms with E-state index < -0.39 is 0 Å².